The summed E-state index contributed by atoms with van der Waals surface area (Å²) in [6.45, 7) is 0. The van der Waals surface area contributed by atoms with E-state index in [4.69, 9.17) is 9.97 Å². The van der Waals surface area contributed by atoms with Crippen LogP contribution in [0.1, 0.15) is 0 Å². The number of rotatable bonds is 6. The van der Waals surface area contributed by atoms with Gasteiger partial charge in [-0.2, -0.15) is 0 Å². The molecule has 216 valence electrons. The van der Waals surface area contributed by atoms with Crippen LogP contribution in [0.15, 0.2) is 170 Å². The molecule has 0 spiro atoms. The molecule has 0 unspecified atom stereocenters. The lowest BCUT2D eigenvalue weighted by atomic mass is 10.1. The van der Waals surface area contributed by atoms with Gasteiger partial charge < -0.3 is 12.0 Å². The average molecular weight is 580 g/mol. The summed E-state index contributed by atoms with van der Waals surface area (Å²) in [5.74, 6) is 0.614. The van der Waals surface area contributed by atoms with Crippen molar-refractivity contribution in [2.24, 2.45) is 0 Å². The highest BCUT2D eigenvalue weighted by molar-refractivity contribution is 6.10. The SMILES string of the molecule is [CH3-].c1ccc(-c2ccc(N(c3ccc4c(c3)c3ccccc3n4-c3ccccc3)c3ncc(-c4ccccc4)cn3)cc2)cc1. The van der Waals surface area contributed by atoms with Crippen LogP contribution in [0.2, 0.25) is 0 Å². The van der Waals surface area contributed by atoms with Crippen molar-refractivity contribution in [1.29, 1.82) is 0 Å². The molecule has 0 fully saturated rings. The summed E-state index contributed by atoms with van der Waals surface area (Å²) in [6, 6.07) is 55.1. The molecule has 4 heteroatoms. The second-order valence-corrected chi connectivity index (χ2v) is 10.8. The van der Waals surface area contributed by atoms with Gasteiger partial charge in [0, 0.05) is 45.8 Å². The van der Waals surface area contributed by atoms with Gasteiger partial charge in [0.1, 0.15) is 0 Å². The van der Waals surface area contributed by atoms with E-state index in [9.17, 15) is 0 Å². The first kappa shape index (κ1) is 27.8. The molecule has 0 bridgehead atoms. The number of fused-ring (bicyclic) bond motifs is 3. The maximum absolute atomic E-state index is 4.89. The largest absolute Gasteiger partial charge is 0.358 e. The molecular formula is C41H31N4-. The van der Waals surface area contributed by atoms with Gasteiger partial charge >= 0.3 is 0 Å². The second kappa shape index (κ2) is 11.9. The first-order valence-corrected chi connectivity index (χ1v) is 14.8. The summed E-state index contributed by atoms with van der Waals surface area (Å²) in [6.07, 6.45) is 3.81. The Morgan fingerprint density at radius 1 is 0.422 bits per heavy atom. The van der Waals surface area contributed by atoms with Gasteiger partial charge in [-0.15, -0.1) is 0 Å². The first-order chi connectivity index (χ1) is 21.8. The van der Waals surface area contributed by atoms with E-state index in [2.05, 4.69) is 143 Å². The van der Waals surface area contributed by atoms with Crippen molar-refractivity contribution in [3.8, 4) is 27.9 Å². The van der Waals surface area contributed by atoms with Crippen molar-refractivity contribution in [3.05, 3.63) is 178 Å². The Morgan fingerprint density at radius 3 is 1.60 bits per heavy atom. The molecule has 2 aromatic heterocycles. The van der Waals surface area contributed by atoms with Crippen molar-refractivity contribution >= 4 is 39.1 Å². The zero-order chi connectivity index (χ0) is 29.3. The van der Waals surface area contributed by atoms with Crippen LogP contribution in [0.5, 0.6) is 0 Å². The van der Waals surface area contributed by atoms with E-state index in [1.807, 2.05) is 36.7 Å². The zero-order valence-corrected chi connectivity index (χ0v) is 25.0. The Labute approximate surface area is 263 Å². The topological polar surface area (TPSA) is 34.0 Å². The summed E-state index contributed by atoms with van der Waals surface area (Å²) >= 11 is 0. The van der Waals surface area contributed by atoms with Crippen molar-refractivity contribution in [3.63, 3.8) is 0 Å². The molecule has 0 amide bonds. The summed E-state index contributed by atoms with van der Waals surface area (Å²) < 4.78 is 2.33. The van der Waals surface area contributed by atoms with Gasteiger partial charge in [0.2, 0.25) is 5.95 Å². The molecule has 0 aliphatic heterocycles. The molecule has 2 heterocycles. The fourth-order valence-electron chi connectivity index (χ4n) is 5.99. The van der Waals surface area contributed by atoms with Gasteiger partial charge in [-0.3, -0.25) is 4.90 Å². The van der Waals surface area contributed by atoms with Crippen LogP contribution in [0, 0.1) is 7.43 Å². The predicted molar refractivity (Wildman–Crippen MR) is 188 cm³/mol. The van der Waals surface area contributed by atoms with E-state index in [-0.39, 0.29) is 7.43 Å². The fourth-order valence-corrected chi connectivity index (χ4v) is 5.99. The van der Waals surface area contributed by atoms with Crippen LogP contribution in [0.3, 0.4) is 0 Å². The van der Waals surface area contributed by atoms with Crippen LogP contribution in [0.4, 0.5) is 17.3 Å². The summed E-state index contributed by atoms with van der Waals surface area (Å²) in [5.41, 5.74) is 9.87. The third kappa shape index (κ3) is 5.13. The van der Waals surface area contributed by atoms with Gasteiger partial charge in [-0.25, -0.2) is 9.97 Å². The second-order valence-electron chi connectivity index (χ2n) is 10.8. The summed E-state index contributed by atoms with van der Waals surface area (Å²) in [7, 11) is 0. The molecule has 8 aromatic rings. The molecular weight excluding hydrogens is 548 g/mol. The summed E-state index contributed by atoms with van der Waals surface area (Å²) in [5, 5.41) is 2.38. The number of nitrogens with zero attached hydrogens (tertiary/aromatic N) is 4. The molecule has 0 atom stereocenters. The van der Waals surface area contributed by atoms with E-state index < -0.39 is 0 Å². The molecule has 0 radical (unpaired) electrons. The van der Waals surface area contributed by atoms with Crippen LogP contribution >= 0.6 is 0 Å². The van der Waals surface area contributed by atoms with E-state index >= 15 is 0 Å². The Balaban J connectivity index is 0.00000325. The smallest absolute Gasteiger partial charge is 0.234 e. The normalized spacial score (nSPS) is 10.9. The number of hydrogen-bond acceptors (Lipinski definition) is 3. The highest BCUT2D eigenvalue weighted by atomic mass is 15.3. The molecule has 6 aromatic carbocycles. The fraction of sp³-hybridized carbons (Fsp3) is 0. The predicted octanol–water partition coefficient (Wildman–Crippen LogP) is 10.8. The zero-order valence-electron chi connectivity index (χ0n) is 25.0. The lowest BCUT2D eigenvalue weighted by molar-refractivity contribution is 1.08. The van der Waals surface area contributed by atoms with Gasteiger partial charge in [0.25, 0.3) is 0 Å². The standard InChI is InChI=1S/C40H28N4.CH3/c1-4-12-29(13-5-1)31-20-22-34(23-21-31)43(40-41-27-32(28-42-40)30-14-6-2-7-15-30)35-24-25-39-37(26-35)36-18-10-11-19-38(36)44(39)33-16-8-3-9-17-33;/h1-28H;1H3/q;-1. The Bertz CT molecular complexity index is 2100. The van der Waals surface area contributed by atoms with Crippen molar-refractivity contribution in [2.75, 3.05) is 4.90 Å². The number of hydrogen-bond donors (Lipinski definition) is 0. The lowest BCUT2D eigenvalue weighted by Gasteiger charge is -2.24. The van der Waals surface area contributed by atoms with Crippen LogP contribution in [-0.4, -0.2) is 14.5 Å². The van der Waals surface area contributed by atoms with Crippen LogP contribution in [-0.2, 0) is 0 Å². The van der Waals surface area contributed by atoms with Crippen molar-refractivity contribution < 1.29 is 0 Å². The monoisotopic (exact) mass is 579 g/mol. The van der Waals surface area contributed by atoms with Gasteiger partial charge in [-0.05, 0) is 65.2 Å². The van der Waals surface area contributed by atoms with Crippen molar-refractivity contribution in [1.82, 2.24) is 14.5 Å². The van der Waals surface area contributed by atoms with Crippen LogP contribution in [0.25, 0.3) is 49.7 Å². The number of aromatic nitrogens is 3. The number of anilines is 3. The molecule has 0 N–H and O–H groups in total. The Hall–Kier alpha value is -6.00. The number of benzene rings is 6. The van der Waals surface area contributed by atoms with Crippen LogP contribution < -0.4 is 4.90 Å². The maximum atomic E-state index is 4.89. The molecule has 4 nitrogen and oxygen atoms in total. The third-order valence-corrected chi connectivity index (χ3v) is 8.11. The van der Waals surface area contributed by atoms with E-state index in [0.717, 1.165) is 39.3 Å². The highest BCUT2D eigenvalue weighted by Gasteiger charge is 2.19. The third-order valence-electron chi connectivity index (χ3n) is 8.11. The minimum absolute atomic E-state index is 0. The van der Waals surface area contributed by atoms with Gasteiger partial charge in [0.05, 0.1) is 11.0 Å². The summed E-state index contributed by atoms with van der Waals surface area (Å²) in [4.78, 5) is 11.9. The van der Waals surface area contributed by atoms with E-state index in [1.165, 1.54) is 21.9 Å². The van der Waals surface area contributed by atoms with Gasteiger partial charge in [0.15, 0.2) is 0 Å². The Kier molecular flexibility index (Phi) is 7.38. The lowest BCUT2D eigenvalue weighted by Crippen LogP contribution is -2.13. The molecule has 0 aliphatic carbocycles. The molecule has 8 rings (SSSR count). The number of para-hydroxylation sites is 2. The quantitative estimate of drug-likeness (QED) is 0.184. The van der Waals surface area contributed by atoms with E-state index in [1.54, 1.807) is 0 Å². The molecule has 45 heavy (non-hydrogen) atoms. The molecule has 0 saturated heterocycles. The average Bonchev–Trinajstić information content (AvgIpc) is 3.44. The first-order valence-electron chi connectivity index (χ1n) is 14.8. The highest BCUT2D eigenvalue weighted by Crippen LogP contribution is 2.39. The van der Waals surface area contributed by atoms with Gasteiger partial charge in [-0.1, -0.05) is 109 Å². The van der Waals surface area contributed by atoms with Crippen molar-refractivity contribution in [2.45, 2.75) is 0 Å². The maximum Gasteiger partial charge on any atom is 0.234 e. The van der Waals surface area contributed by atoms with E-state index in [0.29, 0.717) is 5.95 Å². The minimum Gasteiger partial charge on any atom is -0.358 e. The Morgan fingerprint density at radius 2 is 0.933 bits per heavy atom. The minimum atomic E-state index is 0. The molecule has 0 aliphatic rings. The molecule has 0 saturated carbocycles.